The Kier molecular flexibility index (Phi) is 11.8. The summed E-state index contributed by atoms with van der Waals surface area (Å²) < 4.78 is 39.8. The normalized spacial score (nSPS) is 16.6. The molecule has 1 amide bonds. The number of benzene rings is 3. The summed E-state index contributed by atoms with van der Waals surface area (Å²) in [6, 6.07) is 19.7. The first-order chi connectivity index (χ1) is 21.1. The van der Waals surface area contributed by atoms with Crippen molar-refractivity contribution in [3.05, 3.63) is 83.4 Å². The molecule has 4 rings (SSSR count). The highest BCUT2D eigenvalue weighted by Gasteiger charge is 2.29. The molecule has 1 fully saturated rings. The van der Waals surface area contributed by atoms with Crippen LogP contribution in [0, 0.1) is 0 Å². The fourth-order valence-corrected chi connectivity index (χ4v) is 6.86. The fraction of sp³-hybridized carbons (Fsp3) is 0.424. The number of carbonyl (C=O) groups is 1. The van der Waals surface area contributed by atoms with Crippen LogP contribution in [-0.2, 0) is 13.0 Å². The smallest absolute Gasteiger partial charge is 0.251 e. The minimum Gasteiger partial charge on any atom is -0.497 e. The van der Waals surface area contributed by atoms with Crippen LogP contribution >= 0.6 is 10.8 Å². The molecule has 2 atom stereocenters. The van der Waals surface area contributed by atoms with Crippen LogP contribution in [-0.4, -0.2) is 71.4 Å². The van der Waals surface area contributed by atoms with Gasteiger partial charge in [0.15, 0.2) is 0 Å². The maximum atomic E-state index is 13.8. The van der Waals surface area contributed by atoms with E-state index in [1.54, 1.807) is 42.8 Å². The van der Waals surface area contributed by atoms with Crippen molar-refractivity contribution in [1.29, 1.82) is 0 Å². The summed E-state index contributed by atoms with van der Waals surface area (Å²) in [5, 5.41) is 17.6. The third kappa shape index (κ3) is 9.26. The minimum absolute atomic E-state index is 0.147. The van der Waals surface area contributed by atoms with Gasteiger partial charge in [-0.05, 0) is 68.5 Å². The Morgan fingerprint density at radius 1 is 0.932 bits per heavy atom. The van der Waals surface area contributed by atoms with Gasteiger partial charge >= 0.3 is 0 Å². The lowest BCUT2D eigenvalue weighted by atomic mass is 10.00. The molecule has 1 aliphatic rings. The van der Waals surface area contributed by atoms with E-state index in [0.717, 1.165) is 24.0 Å². The van der Waals surface area contributed by atoms with Gasteiger partial charge in [0.05, 0.1) is 43.9 Å². The van der Waals surface area contributed by atoms with E-state index in [2.05, 4.69) is 10.6 Å². The lowest BCUT2D eigenvalue weighted by Crippen LogP contribution is -2.48. The van der Waals surface area contributed by atoms with Crippen LogP contribution in [0.15, 0.2) is 66.7 Å². The number of carbonyl (C=O) groups excluding carboxylic acids is 1. The number of hydrogen-bond acceptors (Lipinski definition) is 9. The number of nitrogens with zero attached hydrogens (tertiary/aromatic N) is 1. The number of anilines is 1. The second-order valence-corrected chi connectivity index (χ2v) is 13.3. The van der Waals surface area contributed by atoms with Crippen LogP contribution in [0.25, 0.3) is 0 Å². The summed E-state index contributed by atoms with van der Waals surface area (Å²) in [4.78, 5) is 13.8. The lowest BCUT2D eigenvalue weighted by Gasteiger charge is -2.47. The van der Waals surface area contributed by atoms with Gasteiger partial charge in [-0.25, -0.2) is 0 Å². The monoisotopic (exact) mass is 627 g/mol. The summed E-state index contributed by atoms with van der Waals surface area (Å²) in [7, 11) is 0.189. The maximum absolute atomic E-state index is 13.8. The van der Waals surface area contributed by atoms with E-state index in [-0.39, 0.29) is 18.4 Å². The van der Waals surface area contributed by atoms with Gasteiger partial charge in [-0.3, -0.25) is 18.2 Å². The zero-order valence-electron chi connectivity index (χ0n) is 25.9. The minimum atomic E-state index is -3.00. The van der Waals surface area contributed by atoms with Crippen molar-refractivity contribution in [2.45, 2.75) is 57.9 Å². The van der Waals surface area contributed by atoms with Crippen molar-refractivity contribution in [2.24, 2.45) is 0 Å². The first kappa shape index (κ1) is 33.4. The third-order valence-corrected chi connectivity index (χ3v) is 9.30. The average Bonchev–Trinajstić information content (AvgIpc) is 3.00. The molecule has 3 aromatic rings. The molecular formula is C33H45N3O7S. The predicted molar refractivity (Wildman–Crippen MR) is 175 cm³/mol. The summed E-state index contributed by atoms with van der Waals surface area (Å²) in [5.41, 5.74) is 2.72. The summed E-state index contributed by atoms with van der Waals surface area (Å²) in [5.74, 6) is 1.69. The van der Waals surface area contributed by atoms with Crippen LogP contribution < -0.4 is 29.1 Å². The Hall–Kier alpha value is -3.48. The van der Waals surface area contributed by atoms with Crippen molar-refractivity contribution in [3.8, 4) is 17.2 Å². The van der Waals surface area contributed by atoms with Crippen LogP contribution in [0.1, 0.15) is 48.2 Å². The first-order valence-electron chi connectivity index (χ1n) is 14.9. The van der Waals surface area contributed by atoms with Gasteiger partial charge in [-0.1, -0.05) is 30.3 Å². The van der Waals surface area contributed by atoms with Crippen LogP contribution in [0.2, 0.25) is 0 Å². The maximum Gasteiger partial charge on any atom is 0.251 e. The van der Waals surface area contributed by atoms with Gasteiger partial charge in [0.1, 0.15) is 17.2 Å². The molecule has 3 aromatic carbocycles. The quantitative estimate of drug-likeness (QED) is 0.163. The highest BCUT2D eigenvalue weighted by Crippen LogP contribution is 2.50. The highest BCUT2D eigenvalue weighted by molar-refractivity contribution is 8.25. The van der Waals surface area contributed by atoms with Crippen LogP contribution in [0.4, 0.5) is 5.69 Å². The third-order valence-electron chi connectivity index (χ3n) is 7.37. The van der Waals surface area contributed by atoms with Gasteiger partial charge in [-0.2, -0.15) is 0 Å². The van der Waals surface area contributed by atoms with Gasteiger partial charge < -0.3 is 30.0 Å². The molecule has 240 valence electrons. The lowest BCUT2D eigenvalue weighted by molar-refractivity contribution is 0.0829. The molecule has 0 spiro atoms. The Balaban J connectivity index is 1.54. The predicted octanol–water partition coefficient (Wildman–Crippen LogP) is 5.25. The number of ether oxygens (including phenoxy) is 3. The number of nitrogens with one attached hydrogen (secondary N) is 2. The number of hydrogen-bond donors (Lipinski definition) is 5. The topological polar surface area (TPSA) is 133 Å². The largest absolute Gasteiger partial charge is 0.497 e. The Labute approximate surface area is 261 Å². The summed E-state index contributed by atoms with van der Waals surface area (Å²) in [6.07, 6.45) is 0.881. The average molecular weight is 628 g/mol. The zero-order chi connectivity index (χ0) is 31.7. The van der Waals surface area contributed by atoms with Crippen molar-refractivity contribution >= 4 is 22.4 Å². The summed E-state index contributed by atoms with van der Waals surface area (Å²) >= 11 is 0. The fourth-order valence-electron chi connectivity index (χ4n) is 5.18. The van der Waals surface area contributed by atoms with Crippen molar-refractivity contribution in [3.63, 3.8) is 0 Å². The van der Waals surface area contributed by atoms with E-state index in [1.807, 2.05) is 56.3 Å². The molecular weight excluding hydrogens is 582 g/mol. The molecule has 5 N–H and O–H groups in total. The van der Waals surface area contributed by atoms with E-state index in [9.17, 15) is 19.0 Å². The molecule has 11 heteroatoms. The Bertz CT molecular complexity index is 1350. The molecule has 1 heterocycles. The van der Waals surface area contributed by atoms with E-state index in [4.69, 9.17) is 14.2 Å². The SMILES string of the molecule is COc1cc(CNCC(O)C(Cc2ccccc2)NC(=O)c2cc(OC(C)C)cc(N3CCCCS3(O)O)c2)cc(OC)c1. The molecule has 2 unspecified atom stereocenters. The number of methoxy groups -OCH3 is 2. The van der Waals surface area contributed by atoms with Crippen LogP contribution in [0.3, 0.4) is 0 Å². The standard InChI is InChI=1S/C33H45N3O7S/c1-23(2)43-30-18-26(17-27(19-30)36-12-8-9-13-44(36,39)40)33(38)35-31(16-24-10-6-5-7-11-24)32(37)22-34-21-25-14-28(41-3)20-29(15-25)42-4/h5-7,10-11,14-15,17-20,23,31-32,34,37,39-40H,8-9,12-13,16,21-22H2,1-4H3,(H,35,38). The van der Waals surface area contributed by atoms with Crippen molar-refractivity contribution in [2.75, 3.05) is 37.4 Å². The van der Waals surface area contributed by atoms with Gasteiger partial charge in [0.2, 0.25) is 0 Å². The first-order valence-corrected chi connectivity index (χ1v) is 16.6. The molecule has 0 aromatic heterocycles. The van der Waals surface area contributed by atoms with Crippen molar-refractivity contribution in [1.82, 2.24) is 10.6 Å². The molecule has 10 nitrogen and oxygen atoms in total. The highest BCUT2D eigenvalue weighted by atomic mass is 32.3. The van der Waals surface area contributed by atoms with E-state index < -0.39 is 28.8 Å². The second kappa shape index (κ2) is 15.5. The van der Waals surface area contributed by atoms with Gasteiger partial charge in [0.25, 0.3) is 5.91 Å². The molecule has 1 aliphatic heterocycles. The second-order valence-electron chi connectivity index (χ2n) is 11.2. The molecule has 0 bridgehead atoms. The van der Waals surface area contributed by atoms with E-state index in [1.165, 1.54) is 0 Å². The van der Waals surface area contributed by atoms with E-state index in [0.29, 0.717) is 48.0 Å². The molecule has 0 aliphatic carbocycles. The molecule has 0 saturated carbocycles. The van der Waals surface area contributed by atoms with Gasteiger partial charge in [0, 0.05) is 37.3 Å². The number of amides is 1. The molecule has 0 radical (unpaired) electrons. The van der Waals surface area contributed by atoms with Crippen LogP contribution in [0.5, 0.6) is 17.2 Å². The zero-order valence-corrected chi connectivity index (χ0v) is 26.7. The van der Waals surface area contributed by atoms with Crippen molar-refractivity contribution < 1.29 is 33.2 Å². The molecule has 1 saturated heterocycles. The Morgan fingerprint density at radius 3 is 2.27 bits per heavy atom. The summed E-state index contributed by atoms with van der Waals surface area (Å²) in [6.45, 7) is 4.92. The van der Waals surface area contributed by atoms with E-state index >= 15 is 0 Å². The van der Waals surface area contributed by atoms with Gasteiger partial charge in [-0.15, -0.1) is 10.8 Å². The molecule has 44 heavy (non-hydrogen) atoms. The number of rotatable bonds is 14. The Morgan fingerprint density at radius 2 is 1.64 bits per heavy atom. The number of aliphatic hydroxyl groups is 1. The number of aliphatic hydroxyl groups excluding tert-OH is 1.